The normalized spacial score (nSPS) is 10.8. The second-order valence-electron chi connectivity index (χ2n) is 4.67. The lowest BCUT2D eigenvalue weighted by molar-refractivity contribution is -0.131. The summed E-state index contributed by atoms with van der Waals surface area (Å²) in [5.74, 6) is -1.12. The van der Waals surface area contributed by atoms with E-state index in [4.69, 9.17) is 5.11 Å². The maximum atomic E-state index is 12.1. The van der Waals surface area contributed by atoms with Crippen molar-refractivity contribution in [3.63, 3.8) is 0 Å². The second kappa shape index (κ2) is 6.37. The topological polar surface area (TPSA) is 66.4 Å². The second-order valence-corrected chi connectivity index (χ2v) is 5.41. The van der Waals surface area contributed by atoms with Crippen LogP contribution < -0.4 is 5.32 Å². The van der Waals surface area contributed by atoms with E-state index in [2.05, 4.69) is 5.32 Å². The predicted molar refractivity (Wildman–Crippen MR) is 84.9 cm³/mol. The van der Waals surface area contributed by atoms with Gasteiger partial charge < -0.3 is 10.4 Å². The summed E-state index contributed by atoms with van der Waals surface area (Å²) in [4.78, 5) is 22.6. The lowest BCUT2D eigenvalue weighted by Crippen LogP contribution is -2.12. The number of aliphatic carboxylic acids is 1. The fourth-order valence-corrected chi connectivity index (χ4v) is 2.72. The van der Waals surface area contributed by atoms with Crippen molar-refractivity contribution in [3.05, 3.63) is 57.3 Å². The van der Waals surface area contributed by atoms with Crippen LogP contribution in [0, 0.1) is 13.8 Å². The van der Waals surface area contributed by atoms with Gasteiger partial charge in [-0.1, -0.05) is 6.07 Å². The predicted octanol–water partition coefficient (Wildman–Crippen LogP) is 3.72. The number of hydrogen-bond donors (Lipinski definition) is 2. The monoisotopic (exact) mass is 301 g/mol. The van der Waals surface area contributed by atoms with Gasteiger partial charge in [-0.05, 0) is 54.1 Å². The molecular formula is C16H15NO3S. The Hall–Kier alpha value is -2.40. The lowest BCUT2D eigenvalue weighted by atomic mass is 10.1. The Labute approximate surface area is 126 Å². The van der Waals surface area contributed by atoms with Gasteiger partial charge in [0.1, 0.15) is 0 Å². The number of carboxylic acids is 1. The molecule has 2 rings (SSSR count). The zero-order chi connectivity index (χ0) is 15.4. The Bertz CT molecular complexity index is 716. The third-order valence-corrected chi connectivity index (χ3v) is 3.89. The van der Waals surface area contributed by atoms with Crippen LogP contribution in [0.15, 0.2) is 35.0 Å². The average molecular weight is 301 g/mol. The number of carboxylic acid groups (broad SMARTS) is 1. The molecule has 0 atom stereocenters. The number of thiophene rings is 1. The summed E-state index contributed by atoms with van der Waals surface area (Å²) in [5.41, 5.74) is 4.02. The van der Waals surface area contributed by atoms with Crippen molar-refractivity contribution in [2.45, 2.75) is 13.8 Å². The molecule has 0 bridgehead atoms. The quantitative estimate of drug-likeness (QED) is 0.846. The molecule has 0 aliphatic heterocycles. The smallest absolute Gasteiger partial charge is 0.328 e. The molecule has 0 fully saturated rings. The molecule has 0 spiro atoms. The Morgan fingerprint density at radius 2 is 1.95 bits per heavy atom. The van der Waals surface area contributed by atoms with Crippen LogP contribution in [0.4, 0.5) is 5.69 Å². The summed E-state index contributed by atoms with van der Waals surface area (Å²) >= 11 is 1.49. The Morgan fingerprint density at radius 3 is 2.52 bits per heavy atom. The molecule has 21 heavy (non-hydrogen) atoms. The number of rotatable bonds is 4. The van der Waals surface area contributed by atoms with Crippen molar-refractivity contribution in [2.24, 2.45) is 0 Å². The zero-order valence-electron chi connectivity index (χ0n) is 11.7. The number of hydrogen-bond acceptors (Lipinski definition) is 3. The summed E-state index contributed by atoms with van der Waals surface area (Å²) in [5, 5.41) is 15.2. The number of carbonyl (C=O) groups excluding carboxylic acids is 1. The molecule has 108 valence electrons. The fourth-order valence-electron chi connectivity index (χ4n) is 1.89. The van der Waals surface area contributed by atoms with Crippen molar-refractivity contribution in [3.8, 4) is 0 Å². The summed E-state index contributed by atoms with van der Waals surface area (Å²) in [6.45, 7) is 3.77. The van der Waals surface area contributed by atoms with Gasteiger partial charge in [0.2, 0.25) is 0 Å². The van der Waals surface area contributed by atoms with Crippen molar-refractivity contribution >= 4 is 35.0 Å². The molecule has 1 aromatic heterocycles. The first-order chi connectivity index (χ1) is 9.97. The molecule has 0 unspecified atom stereocenters. The Kier molecular flexibility index (Phi) is 4.55. The highest BCUT2D eigenvalue weighted by Crippen LogP contribution is 2.19. The van der Waals surface area contributed by atoms with Gasteiger partial charge in [0, 0.05) is 17.1 Å². The van der Waals surface area contributed by atoms with Gasteiger partial charge in [-0.25, -0.2) is 4.79 Å². The van der Waals surface area contributed by atoms with E-state index in [0.29, 0.717) is 11.3 Å². The van der Waals surface area contributed by atoms with E-state index >= 15 is 0 Å². The van der Waals surface area contributed by atoms with Crippen LogP contribution in [-0.4, -0.2) is 17.0 Å². The van der Waals surface area contributed by atoms with Gasteiger partial charge in [-0.3, -0.25) is 4.79 Å². The van der Waals surface area contributed by atoms with Crippen LogP contribution in [0.5, 0.6) is 0 Å². The van der Waals surface area contributed by atoms with Crippen molar-refractivity contribution in [1.82, 2.24) is 0 Å². The first kappa shape index (κ1) is 15.0. The maximum Gasteiger partial charge on any atom is 0.328 e. The highest BCUT2D eigenvalue weighted by atomic mass is 32.1. The van der Waals surface area contributed by atoms with Gasteiger partial charge in [-0.15, -0.1) is 0 Å². The molecule has 0 aliphatic rings. The first-order valence-electron chi connectivity index (χ1n) is 6.33. The number of nitrogens with one attached hydrogen (secondary N) is 1. The van der Waals surface area contributed by atoms with E-state index in [1.807, 2.05) is 30.7 Å². The summed E-state index contributed by atoms with van der Waals surface area (Å²) < 4.78 is 0. The molecule has 1 heterocycles. The van der Waals surface area contributed by atoms with E-state index in [1.165, 1.54) is 17.4 Å². The highest BCUT2D eigenvalue weighted by Gasteiger charge is 2.10. The van der Waals surface area contributed by atoms with Crippen LogP contribution in [0.3, 0.4) is 0 Å². The standard InChI is InChI=1S/C16H15NO3S/c1-10-7-13(5-3-12(10)4-6-15(18)19)17-16(20)14-9-21-8-11(14)2/h3-9H,1-2H3,(H,17,20)(H,18,19). The molecule has 1 aromatic carbocycles. The molecule has 5 heteroatoms. The summed E-state index contributed by atoms with van der Waals surface area (Å²) in [7, 11) is 0. The third-order valence-electron chi connectivity index (χ3n) is 3.03. The van der Waals surface area contributed by atoms with Crippen LogP contribution in [0.25, 0.3) is 6.08 Å². The fraction of sp³-hybridized carbons (Fsp3) is 0.125. The number of aryl methyl sites for hydroxylation is 2. The van der Waals surface area contributed by atoms with Crippen molar-refractivity contribution in [2.75, 3.05) is 5.32 Å². The lowest BCUT2D eigenvalue weighted by Gasteiger charge is -2.07. The zero-order valence-corrected chi connectivity index (χ0v) is 12.5. The molecule has 0 saturated heterocycles. The van der Waals surface area contributed by atoms with Crippen LogP contribution in [0.1, 0.15) is 27.0 Å². The van der Waals surface area contributed by atoms with Crippen LogP contribution in [-0.2, 0) is 4.79 Å². The minimum Gasteiger partial charge on any atom is -0.478 e. The minimum absolute atomic E-state index is 0.137. The number of anilines is 1. The van der Waals surface area contributed by atoms with Crippen LogP contribution >= 0.6 is 11.3 Å². The highest BCUT2D eigenvalue weighted by molar-refractivity contribution is 7.08. The van der Waals surface area contributed by atoms with Crippen molar-refractivity contribution < 1.29 is 14.7 Å². The molecule has 2 aromatic rings. The number of amides is 1. The summed E-state index contributed by atoms with van der Waals surface area (Å²) in [6, 6.07) is 5.36. The number of benzene rings is 1. The Balaban J connectivity index is 2.15. The van der Waals surface area contributed by atoms with E-state index in [9.17, 15) is 9.59 Å². The minimum atomic E-state index is -0.986. The van der Waals surface area contributed by atoms with E-state index in [0.717, 1.165) is 22.8 Å². The van der Waals surface area contributed by atoms with Gasteiger partial charge in [0.15, 0.2) is 0 Å². The molecule has 1 amide bonds. The van der Waals surface area contributed by atoms with E-state index in [1.54, 1.807) is 12.1 Å². The molecular weight excluding hydrogens is 286 g/mol. The average Bonchev–Trinajstić information content (AvgIpc) is 2.84. The van der Waals surface area contributed by atoms with Gasteiger partial charge in [0.25, 0.3) is 5.91 Å². The first-order valence-corrected chi connectivity index (χ1v) is 7.27. The van der Waals surface area contributed by atoms with Gasteiger partial charge in [0.05, 0.1) is 5.56 Å². The largest absolute Gasteiger partial charge is 0.478 e. The van der Waals surface area contributed by atoms with Crippen LogP contribution in [0.2, 0.25) is 0 Å². The number of carbonyl (C=O) groups is 2. The molecule has 4 nitrogen and oxygen atoms in total. The third kappa shape index (κ3) is 3.79. The molecule has 2 N–H and O–H groups in total. The van der Waals surface area contributed by atoms with Gasteiger partial charge in [-0.2, -0.15) is 11.3 Å². The van der Waals surface area contributed by atoms with Gasteiger partial charge >= 0.3 is 5.97 Å². The molecule has 0 radical (unpaired) electrons. The molecule has 0 saturated carbocycles. The SMILES string of the molecule is Cc1cc(NC(=O)c2cscc2C)ccc1C=CC(=O)O. The van der Waals surface area contributed by atoms with Crippen molar-refractivity contribution in [1.29, 1.82) is 0 Å². The Morgan fingerprint density at radius 1 is 1.19 bits per heavy atom. The van der Waals surface area contributed by atoms with E-state index < -0.39 is 5.97 Å². The van der Waals surface area contributed by atoms with E-state index in [-0.39, 0.29) is 5.91 Å². The molecule has 0 aliphatic carbocycles. The summed E-state index contributed by atoms with van der Waals surface area (Å²) in [6.07, 6.45) is 2.63. The maximum absolute atomic E-state index is 12.1.